The predicted molar refractivity (Wildman–Crippen MR) is 77.9 cm³/mol. The van der Waals surface area contributed by atoms with Gasteiger partial charge in [0.25, 0.3) is 0 Å². The van der Waals surface area contributed by atoms with Gasteiger partial charge in [0.1, 0.15) is 12.2 Å². The largest absolute Gasteiger partial charge is 0.453 e. The van der Waals surface area contributed by atoms with Gasteiger partial charge in [0, 0.05) is 5.39 Å². The van der Waals surface area contributed by atoms with Gasteiger partial charge >= 0.3 is 0 Å². The maximum absolute atomic E-state index is 12.0. The van der Waals surface area contributed by atoms with Crippen molar-refractivity contribution in [3.63, 3.8) is 0 Å². The molecule has 3 nitrogen and oxygen atoms in total. The summed E-state index contributed by atoms with van der Waals surface area (Å²) >= 11 is 0. The first-order valence-corrected chi connectivity index (χ1v) is 7.42. The lowest BCUT2D eigenvalue weighted by molar-refractivity contribution is 0.0608. The number of hydrogen-bond acceptors (Lipinski definition) is 3. The van der Waals surface area contributed by atoms with E-state index in [4.69, 9.17) is 9.15 Å². The van der Waals surface area contributed by atoms with Gasteiger partial charge in [-0.05, 0) is 30.9 Å². The summed E-state index contributed by atoms with van der Waals surface area (Å²) in [6.07, 6.45) is 6.41. The highest BCUT2D eigenvalue weighted by atomic mass is 16.5. The number of Topliss-reactive ketones (excluding diaryl/α,β-unsaturated/α-hetero) is 1. The third-order valence-electron chi connectivity index (χ3n) is 4.01. The van der Waals surface area contributed by atoms with Crippen LogP contribution in [-0.2, 0) is 4.74 Å². The van der Waals surface area contributed by atoms with E-state index in [1.54, 1.807) is 6.07 Å². The number of furan rings is 1. The van der Waals surface area contributed by atoms with Crippen molar-refractivity contribution >= 4 is 16.8 Å². The molecular formula is C17H20O3. The smallest absolute Gasteiger partial charge is 0.223 e. The Labute approximate surface area is 118 Å². The molecule has 1 saturated carbocycles. The van der Waals surface area contributed by atoms with Crippen LogP contribution in [0.2, 0.25) is 0 Å². The van der Waals surface area contributed by atoms with E-state index in [1.807, 2.05) is 24.3 Å². The second kappa shape index (κ2) is 6.23. The summed E-state index contributed by atoms with van der Waals surface area (Å²) in [6, 6.07) is 9.44. The molecule has 1 heterocycles. The SMILES string of the molecule is O=C(COCC1CCCCC1)c1cc2ccccc2o1. The zero-order valence-electron chi connectivity index (χ0n) is 11.6. The molecule has 0 amide bonds. The predicted octanol–water partition coefficient (Wildman–Crippen LogP) is 4.21. The fourth-order valence-corrected chi connectivity index (χ4v) is 2.86. The van der Waals surface area contributed by atoms with E-state index in [0.29, 0.717) is 18.3 Å². The summed E-state index contributed by atoms with van der Waals surface area (Å²) in [5.41, 5.74) is 0.753. The summed E-state index contributed by atoms with van der Waals surface area (Å²) in [4.78, 5) is 12.0. The lowest BCUT2D eigenvalue weighted by Crippen LogP contribution is -2.17. The minimum absolute atomic E-state index is 0.0722. The van der Waals surface area contributed by atoms with Gasteiger partial charge < -0.3 is 9.15 Å². The van der Waals surface area contributed by atoms with Crippen molar-refractivity contribution in [2.75, 3.05) is 13.2 Å². The van der Waals surface area contributed by atoms with Crippen LogP contribution in [0.1, 0.15) is 42.7 Å². The molecule has 20 heavy (non-hydrogen) atoms. The van der Waals surface area contributed by atoms with Crippen LogP contribution in [0, 0.1) is 5.92 Å². The lowest BCUT2D eigenvalue weighted by Gasteiger charge is -2.20. The number of ketones is 1. The van der Waals surface area contributed by atoms with E-state index < -0.39 is 0 Å². The molecule has 0 bridgehead atoms. The van der Waals surface area contributed by atoms with Gasteiger partial charge in [0.2, 0.25) is 5.78 Å². The first kappa shape index (κ1) is 13.4. The van der Waals surface area contributed by atoms with Crippen LogP contribution < -0.4 is 0 Å². The molecule has 0 unspecified atom stereocenters. The molecular weight excluding hydrogens is 252 g/mol. The molecule has 0 spiro atoms. The second-order valence-corrected chi connectivity index (χ2v) is 5.59. The first-order chi connectivity index (χ1) is 9.83. The van der Waals surface area contributed by atoms with Crippen LogP contribution in [-0.4, -0.2) is 19.0 Å². The fraction of sp³-hybridized carbons (Fsp3) is 0.471. The molecule has 3 heteroatoms. The van der Waals surface area contributed by atoms with E-state index in [-0.39, 0.29) is 12.4 Å². The Morgan fingerprint density at radius 3 is 2.80 bits per heavy atom. The topological polar surface area (TPSA) is 39.4 Å². The van der Waals surface area contributed by atoms with Gasteiger partial charge in [-0.25, -0.2) is 0 Å². The van der Waals surface area contributed by atoms with Crippen molar-refractivity contribution in [1.82, 2.24) is 0 Å². The molecule has 1 aromatic heterocycles. The molecule has 1 aliphatic carbocycles. The van der Waals surface area contributed by atoms with Gasteiger partial charge in [-0.15, -0.1) is 0 Å². The van der Waals surface area contributed by atoms with Gasteiger partial charge in [0.05, 0.1) is 6.61 Å². The number of benzene rings is 1. The number of carbonyl (C=O) groups excluding carboxylic acids is 1. The summed E-state index contributed by atoms with van der Waals surface area (Å²) < 4.78 is 11.1. The summed E-state index contributed by atoms with van der Waals surface area (Å²) in [6.45, 7) is 0.822. The van der Waals surface area contributed by atoms with Gasteiger partial charge in [0.15, 0.2) is 5.76 Å². The van der Waals surface area contributed by atoms with Crippen molar-refractivity contribution in [3.05, 3.63) is 36.1 Å². The van der Waals surface area contributed by atoms with Crippen molar-refractivity contribution in [3.8, 4) is 0 Å². The van der Waals surface area contributed by atoms with E-state index in [1.165, 1.54) is 32.1 Å². The monoisotopic (exact) mass is 272 g/mol. The van der Waals surface area contributed by atoms with Crippen molar-refractivity contribution in [1.29, 1.82) is 0 Å². The highest BCUT2D eigenvalue weighted by Crippen LogP contribution is 2.24. The van der Waals surface area contributed by atoms with Gasteiger partial charge in [-0.3, -0.25) is 4.79 Å². The number of ether oxygens (including phenoxy) is 1. The Balaban J connectivity index is 1.53. The number of para-hydroxylation sites is 1. The average Bonchev–Trinajstić information content (AvgIpc) is 2.92. The number of carbonyl (C=O) groups is 1. The quantitative estimate of drug-likeness (QED) is 0.765. The molecule has 2 aromatic rings. The maximum atomic E-state index is 12.0. The van der Waals surface area contributed by atoms with Crippen LogP contribution in [0.25, 0.3) is 11.0 Å². The Bertz CT molecular complexity index is 546. The number of fused-ring (bicyclic) bond motifs is 1. The summed E-state index contributed by atoms with van der Waals surface area (Å²) in [5.74, 6) is 0.957. The fourth-order valence-electron chi connectivity index (χ4n) is 2.86. The standard InChI is InChI=1S/C17H20O3/c18-15(12-19-11-13-6-2-1-3-7-13)17-10-14-8-4-5-9-16(14)20-17/h4-5,8-10,13H,1-3,6-7,11-12H2. The summed E-state index contributed by atoms with van der Waals surface area (Å²) in [5, 5.41) is 0.961. The van der Waals surface area contributed by atoms with E-state index in [2.05, 4.69) is 0 Å². The molecule has 1 aliphatic rings. The molecule has 0 aliphatic heterocycles. The normalized spacial score (nSPS) is 16.6. The molecule has 106 valence electrons. The molecule has 0 saturated heterocycles. The molecule has 1 fully saturated rings. The number of rotatable bonds is 5. The maximum Gasteiger partial charge on any atom is 0.223 e. The highest BCUT2D eigenvalue weighted by molar-refractivity contribution is 5.98. The zero-order valence-corrected chi connectivity index (χ0v) is 11.6. The van der Waals surface area contributed by atoms with Gasteiger partial charge in [-0.1, -0.05) is 37.5 Å². The first-order valence-electron chi connectivity index (χ1n) is 7.42. The van der Waals surface area contributed by atoms with Crippen LogP contribution in [0.15, 0.2) is 34.7 Å². The van der Waals surface area contributed by atoms with Crippen LogP contribution in [0.4, 0.5) is 0 Å². The van der Waals surface area contributed by atoms with Crippen molar-refractivity contribution in [2.24, 2.45) is 5.92 Å². The van der Waals surface area contributed by atoms with Crippen LogP contribution in [0.3, 0.4) is 0 Å². The van der Waals surface area contributed by atoms with Crippen molar-refractivity contribution < 1.29 is 13.9 Å². The van der Waals surface area contributed by atoms with Gasteiger partial charge in [-0.2, -0.15) is 0 Å². The average molecular weight is 272 g/mol. The van der Waals surface area contributed by atoms with E-state index >= 15 is 0 Å². The third kappa shape index (κ3) is 3.10. The molecule has 0 N–H and O–H groups in total. The lowest BCUT2D eigenvalue weighted by atomic mass is 9.90. The number of hydrogen-bond donors (Lipinski definition) is 0. The Kier molecular flexibility index (Phi) is 4.16. The second-order valence-electron chi connectivity index (χ2n) is 5.59. The molecule has 0 atom stereocenters. The van der Waals surface area contributed by atoms with E-state index in [0.717, 1.165) is 11.0 Å². The van der Waals surface area contributed by atoms with Crippen LogP contribution in [0.5, 0.6) is 0 Å². The highest BCUT2D eigenvalue weighted by Gasteiger charge is 2.16. The third-order valence-corrected chi connectivity index (χ3v) is 4.01. The molecule has 0 radical (unpaired) electrons. The Hall–Kier alpha value is -1.61. The van der Waals surface area contributed by atoms with E-state index in [9.17, 15) is 4.79 Å². The molecule has 1 aromatic carbocycles. The minimum atomic E-state index is -0.0722. The minimum Gasteiger partial charge on any atom is -0.453 e. The summed E-state index contributed by atoms with van der Waals surface area (Å²) in [7, 11) is 0. The molecule has 3 rings (SSSR count). The van der Waals surface area contributed by atoms with Crippen LogP contribution >= 0.6 is 0 Å². The van der Waals surface area contributed by atoms with Crippen molar-refractivity contribution in [2.45, 2.75) is 32.1 Å². The Morgan fingerprint density at radius 1 is 1.20 bits per heavy atom. The Morgan fingerprint density at radius 2 is 2.00 bits per heavy atom. The zero-order chi connectivity index (χ0) is 13.8.